The third-order valence-electron chi connectivity index (χ3n) is 3.21. The average Bonchev–Trinajstić information content (AvgIpc) is 2.60. The van der Waals surface area contributed by atoms with E-state index in [4.69, 9.17) is 5.11 Å². The predicted octanol–water partition coefficient (Wildman–Crippen LogP) is 0.416. The lowest BCUT2D eigenvalue weighted by Gasteiger charge is -2.22. The Morgan fingerprint density at radius 3 is 2.59 bits per heavy atom. The van der Waals surface area contributed by atoms with Crippen molar-refractivity contribution in [1.82, 2.24) is 9.03 Å². The van der Waals surface area contributed by atoms with E-state index in [0.29, 0.717) is 5.92 Å². The molecule has 1 aliphatic carbocycles. The molecule has 0 spiro atoms. The molecule has 0 aromatic carbocycles. The largest absolute Gasteiger partial charge is 0.481 e. The number of rotatable bonds is 6. The lowest BCUT2D eigenvalue weighted by atomic mass is 10.1. The van der Waals surface area contributed by atoms with Crippen LogP contribution >= 0.6 is 0 Å². The van der Waals surface area contributed by atoms with Crippen molar-refractivity contribution >= 4 is 16.2 Å². The molecule has 0 heterocycles. The number of nitrogens with one attached hydrogen (secondary N) is 1. The van der Waals surface area contributed by atoms with E-state index in [9.17, 15) is 13.2 Å². The maximum absolute atomic E-state index is 11.9. The third kappa shape index (κ3) is 4.25. The quantitative estimate of drug-likeness (QED) is 0.727. The van der Waals surface area contributed by atoms with Gasteiger partial charge in [-0.05, 0) is 18.8 Å². The second-order valence-electron chi connectivity index (χ2n) is 4.60. The van der Waals surface area contributed by atoms with Crippen molar-refractivity contribution in [3.8, 4) is 0 Å². The topological polar surface area (TPSA) is 86.7 Å². The molecule has 0 saturated heterocycles. The van der Waals surface area contributed by atoms with E-state index in [2.05, 4.69) is 4.72 Å². The first kappa shape index (κ1) is 14.4. The lowest BCUT2D eigenvalue weighted by Crippen LogP contribution is -2.45. The Hall–Kier alpha value is -0.660. The molecule has 100 valence electrons. The molecule has 0 aliphatic heterocycles. The van der Waals surface area contributed by atoms with E-state index in [1.165, 1.54) is 7.05 Å². The summed E-state index contributed by atoms with van der Waals surface area (Å²) in [5.74, 6) is -0.654. The Kier molecular flexibility index (Phi) is 4.91. The number of hydrogen-bond acceptors (Lipinski definition) is 3. The van der Waals surface area contributed by atoms with Crippen molar-refractivity contribution in [3.05, 3.63) is 0 Å². The van der Waals surface area contributed by atoms with Crippen LogP contribution in [-0.2, 0) is 15.0 Å². The Balaban J connectivity index is 2.52. The second kappa shape index (κ2) is 5.79. The zero-order valence-corrected chi connectivity index (χ0v) is 11.0. The van der Waals surface area contributed by atoms with Crippen LogP contribution < -0.4 is 4.72 Å². The molecule has 2 N–H and O–H groups in total. The summed E-state index contributed by atoms with van der Waals surface area (Å²) in [5, 5.41) is 8.51. The molecule has 0 bridgehead atoms. The molecule has 17 heavy (non-hydrogen) atoms. The van der Waals surface area contributed by atoms with Gasteiger partial charge in [-0.1, -0.05) is 13.3 Å². The first-order valence-corrected chi connectivity index (χ1v) is 7.22. The summed E-state index contributed by atoms with van der Waals surface area (Å²) >= 11 is 0. The Labute approximate surface area is 102 Å². The average molecular weight is 264 g/mol. The van der Waals surface area contributed by atoms with Gasteiger partial charge in [-0.25, -0.2) is 0 Å². The molecule has 1 fully saturated rings. The monoisotopic (exact) mass is 264 g/mol. The molecule has 1 rings (SSSR count). The molecule has 1 aliphatic rings. The highest BCUT2D eigenvalue weighted by atomic mass is 32.2. The van der Waals surface area contributed by atoms with Crippen LogP contribution in [0.2, 0.25) is 0 Å². The Morgan fingerprint density at radius 2 is 2.12 bits per heavy atom. The molecular formula is C10H20N2O4S. The van der Waals surface area contributed by atoms with Crippen LogP contribution in [0.4, 0.5) is 0 Å². The fourth-order valence-corrected chi connectivity index (χ4v) is 3.22. The van der Waals surface area contributed by atoms with E-state index in [1.807, 2.05) is 6.92 Å². The standard InChI is InChI=1S/C10H20N2O4S/c1-8-4-3-5-9(8)11-17(15,16)12(2)7-6-10(13)14/h8-9,11H,3-7H2,1-2H3,(H,13,14). The first-order chi connectivity index (χ1) is 7.83. The van der Waals surface area contributed by atoms with Crippen molar-refractivity contribution in [1.29, 1.82) is 0 Å². The van der Waals surface area contributed by atoms with Gasteiger partial charge in [0.2, 0.25) is 0 Å². The number of carboxylic acids is 1. The highest BCUT2D eigenvalue weighted by molar-refractivity contribution is 7.87. The van der Waals surface area contributed by atoms with Crippen LogP contribution in [0.15, 0.2) is 0 Å². The summed E-state index contributed by atoms with van der Waals surface area (Å²) in [4.78, 5) is 10.4. The van der Waals surface area contributed by atoms with Gasteiger partial charge in [0.15, 0.2) is 0 Å². The molecule has 0 aromatic heterocycles. The van der Waals surface area contributed by atoms with Crippen LogP contribution in [0.3, 0.4) is 0 Å². The SMILES string of the molecule is CC1CCCC1NS(=O)(=O)N(C)CCC(=O)O. The minimum absolute atomic E-state index is 0.00817. The smallest absolute Gasteiger partial charge is 0.304 e. The van der Waals surface area contributed by atoms with Gasteiger partial charge >= 0.3 is 5.97 Å². The zero-order chi connectivity index (χ0) is 13.1. The number of aliphatic carboxylic acids is 1. The van der Waals surface area contributed by atoms with Crippen LogP contribution in [0.25, 0.3) is 0 Å². The summed E-state index contributed by atoms with van der Waals surface area (Å²) < 4.78 is 27.4. The minimum Gasteiger partial charge on any atom is -0.481 e. The van der Waals surface area contributed by atoms with E-state index in [0.717, 1.165) is 23.6 Å². The van der Waals surface area contributed by atoms with Gasteiger partial charge in [0.05, 0.1) is 6.42 Å². The van der Waals surface area contributed by atoms with Gasteiger partial charge in [0.1, 0.15) is 0 Å². The molecule has 7 heteroatoms. The van der Waals surface area contributed by atoms with Gasteiger partial charge in [0, 0.05) is 19.6 Å². The van der Waals surface area contributed by atoms with Gasteiger partial charge in [-0.3, -0.25) is 4.79 Å². The highest BCUT2D eigenvalue weighted by Crippen LogP contribution is 2.25. The maximum atomic E-state index is 11.9. The summed E-state index contributed by atoms with van der Waals surface area (Å²) in [6.45, 7) is 2.02. The van der Waals surface area contributed by atoms with E-state index < -0.39 is 16.2 Å². The number of hydrogen-bond donors (Lipinski definition) is 2. The van der Waals surface area contributed by atoms with E-state index >= 15 is 0 Å². The molecule has 2 atom stereocenters. The van der Waals surface area contributed by atoms with Gasteiger partial charge in [0.25, 0.3) is 10.2 Å². The molecule has 0 aromatic rings. The van der Waals surface area contributed by atoms with Crippen molar-refractivity contribution in [2.75, 3.05) is 13.6 Å². The maximum Gasteiger partial charge on any atom is 0.304 e. The minimum atomic E-state index is -3.55. The molecule has 2 unspecified atom stereocenters. The van der Waals surface area contributed by atoms with Crippen molar-refractivity contribution in [3.63, 3.8) is 0 Å². The lowest BCUT2D eigenvalue weighted by molar-refractivity contribution is -0.137. The molecule has 0 radical (unpaired) electrons. The second-order valence-corrected chi connectivity index (χ2v) is 6.41. The fourth-order valence-electron chi connectivity index (χ4n) is 1.98. The van der Waals surface area contributed by atoms with E-state index in [-0.39, 0.29) is 19.0 Å². The van der Waals surface area contributed by atoms with Crippen LogP contribution in [0.1, 0.15) is 32.6 Å². The molecule has 6 nitrogen and oxygen atoms in total. The summed E-state index contributed by atoms with van der Waals surface area (Å²) in [7, 11) is -2.16. The normalized spacial score (nSPS) is 25.4. The predicted molar refractivity (Wildman–Crippen MR) is 63.7 cm³/mol. The van der Waals surface area contributed by atoms with Gasteiger partial charge in [-0.15, -0.1) is 0 Å². The summed E-state index contributed by atoms with van der Waals surface area (Å²) in [5.41, 5.74) is 0. The zero-order valence-electron chi connectivity index (χ0n) is 10.2. The summed E-state index contributed by atoms with van der Waals surface area (Å²) in [6, 6.07) is -0.0210. The Morgan fingerprint density at radius 1 is 1.47 bits per heavy atom. The third-order valence-corrected chi connectivity index (χ3v) is 4.82. The van der Waals surface area contributed by atoms with Crippen LogP contribution in [0.5, 0.6) is 0 Å². The molecule has 1 saturated carbocycles. The number of carboxylic acid groups (broad SMARTS) is 1. The number of carbonyl (C=O) groups is 1. The first-order valence-electron chi connectivity index (χ1n) is 5.78. The Bertz CT molecular complexity index is 369. The van der Waals surface area contributed by atoms with Crippen LogP contribution in [0, 0.1) is 5.92 Å². The molecule has 0 amide bonds. The fraction of sp³-hybridized carbons (Fsp3) is 0.900. The van der Waals surface area contributed by atoms with Crippen molar-refractivity contribution in [2.45, 2.75) is 38.6 Å². The van der Waals surface area contributed by atoms with Gasteiger partial charge < -0.3 is 5.11 Å². The molecular weight excluding hydrogens is 244 g/mol. The van der Waals surface area contributed by atoms with E-state index in [1.54, 1.807) is 0 Å². The van der Waals surface area contributed by atoms with Gasteiger partial charge in [-0.2, -0.15) is 17.4 Å². The van der Waals surface area contributed by atoms with Crippen molar-refractivity contribution < 1.29 is 18.3 Å². The van der Waals surface area contributed by atoms with Crippen LogP contribution in [-0.4, -0.2) is 43.4 Å². The summed E-state index contributed by atoms with van der Waals surface area (Å²) in [6.07, 6.45) is 2.74. The van der Waals surface area contributed by atoms with Crippen molar-refractivity contribution in [2.24, 2.45) is 5.92 Å². The highest BCUT2D eigenvalue weighted by Gasteiger charge is 2.29. The number of nitrogens with zero attached hydrogens (tertiary/aromatic N) is 1.